The average Bonchev–Trinajstić information content (AvgIpc) is 2.81. The number of carbonyl (C=O) groups is 1. The summed E-state index contributed by atoms with van der Waals surface area (Å²) in [5.41, 5.74) is 0.181. The highest BCUT2D eigenvalue weighted by molar-refractivity contribution is 7.12. The Hall–Kier alpha value is -1.31. The van der Waals surface area contributed by atoms with Crippen LogP contribution in [0.25, 0.3) is 0 Å². The van der Waals surface area contributed by atoms with Crippen LogP contribution < -0.4 is 5.32 Å². The molecule has 1 heterocycles. The fraction of sp³-hybridized carbons (Fsp3) is 0.533. The predicted molar refractivity (Wildman–Crippen MR) is 76.6 cm³/mol. The van der Waals surface area contributed by atoms with Crippen molar-refractivity contribution in [2.24, 2.45) is 11.3 Å². The third kappa shape index (κ3) is 3.82. The van der Waals surface area contributed by atoms with Gasteiger partial charge in [0.05, 0.1) is 18.0 Å². The monoisotopic (exact) mass is 277 g/mol. The standard InChI is InChI=1S/C15H19NO2S/c1-15(2)9-13(15)14(18)16-10-12-7-6-11(19-12)5-3-4-8-17/h6-7,13,17H,4,8-10H2,1-2H3,(H,16,18). The lowest BCUT2D eigenvalue weighted by molar-refractivity contribution is -0.123. The number of nitrogens with one attached hydrogen (secondary N) is 1. The van der Waals surface area contributed by atoms with E-state index in [0.29, 0.717) is 13.0 Å². The molecule has 1 saturated carbocycles. The van der Waals surface area contributed by atoms with Crippen molar-refractivity contribution in [2.75, 3.05) is 6.61 Å². The van der Waals surface area contributed by atoms with E-state index in [1.54, 1.807) is 11.3 Å². The molecule has 2 N–H and O–H groups in total. The van der Waals surface area contributed by atoms with Crippen LogP contribution in [0.5, 0.6) is 0 Å². The second-order valence-electron chi connectivity index (χ2n) is 5.50. The molecule has 1 aromatic rings. The quantitative estimate of drug-likeness (QED) is 0.829. The van der Waals surface area contributed by atoms with E-state index < -0.39 is 0 Å². The van der Waals surface area contributed by atoms with Crippen LogP contribution in [0.2, 0.25) is 0 Å². The lowest BCUT2D eigenvalue weighted by Gasteiger charge is -2.04. The second kappa shape index (κ2) is 5.77. The summed E-state index contributed by atoms with van der Waals surface area (Å²) < 4.78 is 0. The zero-order chi connectivity index (χ0) is 13.9. The molecule has 0 spiro atoms. The van der Waals surface area contributed by atoms with Crippen molar-refractivity contribution in [1.82, 2.24) is 5.32 Å². The maximum Gasteiger partial charge on any atom is 0.223 e. The van der Waals surface area contributed by atoms with E-state index >= 15 is 0 Å². The molecule has 1 amide bonds. The highest BCUT2D eigenvalue weighted by atomic mass is 32.1. The lowest BCUT2D eigenvalue weighted by atomic mass is 10.1. The Bertz CT molecular complexity index is 522. The fourth-order valence-electron chi connectivity index (χ4n) is 1.96. The lowest BCUT2D eigenvalue weighted by Crippen LogP contribution is -2.25. The van der Waals surface area contributed by atoms with Crippen LogP contribution in [0.15, 0.2) is 12.1 Å². The van der Waals surface area contributed by atoms with E-state index in [2.05, 4.69) is 31.0 Å². The minimum Gasteiger partial charge on any atom is -0.395 e. The molecule has 1 aromatic heterocycles. The van der Waals surface area contributed by atoms with Gasteiger partial charge in [0, 0.05) is 17.2 Å². The fourth-order valence-corrected chi connectivity index (χ4v) is 2.78. The van der Waals surface area contributed by atoms with Crippen LogP contribution in [-0.4, -0.2) is 17.6 Å². The van der Waals surface area contributed by atoms with Gasteiger partial charge in [-0.15, -0.1) is 11.3 Å². The number of carbonyl (C=O) groups excluding carboxylic acids is 1. The summed E-state index contributed by atoms with van der Waals surface area (Å²) in [5.74, 6) is 6.22. The van der Waals surface area contributed by atoms with Crippen molar-refractivity contribution in [3.63, 3.8) is 0 Å². The first-order chi connectivity index (χ1) is 9.03. The predicted octanol–water partition coefficient (Wildman–Crippen LogP) is 2.14. The molecule has 0 aromatic carbocycles. The number of aliphatic hydroxyl groups is 1. The molecule has 1 fully saturated rings. The van der Waals surface area contributed by atoms with Gasteiger partial charge in [-0.1, -0.05) is 25.7 Å². The minimum atomic E-state index is 0.0957. The Labute approximate surface area is 118 Å². The topological polar surface area (TPSA) is 49.3 Å². The largest absolute Gasteiger partial charge is 0.395 e. The van der Waals surface area contributed by atoms with Gasteiger partial charge in [-0.2, -0.15) is 0 Å². The number of hydrogen-bond acceptors (Lipinski definition) is 3. The van der Waals surface area contributed by atoms with Crippen LogP contribution in [0.1, 0.15) is 36.4 Å². The van der Waals surface area contributed by atoms with Crippen molar-refractivity contribution in [3.05, 3.63) is 21.9 Å². The number of hydrogen-bond donors (Lipinski definition) is 2. The zero-order valence-corrected chi connectivity index (χ0v) is 12.1. The van der Waals surface area contributed by atoms with E-state index in [0.717, 1.165) is 16.2 Å². The maximum absolute atomic E-state index is 11.8. The van der Waals surface area contributed by atoms with E-state index in [4.69, 9.17) is 5.11 Å². The first-order valence-corrected chi connectivity index (χ1v) is 7.31. The molecule has 3 nitrogen and oxygen atoms in total. The Kier molecular flexibility index (Phi) is 4.28. The molecule has 1 unspecified atom stereocenters. The Morgan fingerprint density at radius 2 is 2.32 bits per heavy atom. The highest BCUT2D eigenvalue weighted by Crippen LogP contribution is 2.51. The molecule has 102 valence electrons. The molecular weight excluding hydrogens is 258 g/mol. The molecule has 0 aliphatic heterocycles. The first-order valence-electron chi connectivity index (χ1n) is 6.49. The van der Waals surface area contributed by atoms with Crippen molar-refractivity contribution < 1.29 is 9.90 Å². The van der Waals surface area contributed by atoms with Gasteiger partial charge < -0.3 is 10.4 Å². The van der Waals surface area contributed by atoms with Crippen molar-refractivity contribution in [3.8, 4) is 11.8 Å². The van der Waals surface area contributed by atoms with Crippen LogP contribution in [0.4, 0.5) is 0 Å². The minimum absolute atomic E-state index is 0.0957. The van der Waals surface area contributed by atoms with Gasteiger partial charge in [-0.25, -0.2) is 0 Å². The van der Waals surface area contributed by atoms with E-state index in [9.17, 15) is 4.79 Å². The van der Waals surface area contributed by atoms with Gasteiger partial charge in [0.15, 0.2) is 0 Å². The Morgan fingerprint density at radius 1 is 1.58 bits per heavy atom. The van der Waals surface area contributed by atoms with Crippen LogP contribution in [0.3, 0.4) is 0 Å². The van der Waals surface area contributed by atoms with Crippen LogP contribution in [-0.2, 0) is 11.3 Å². The summed E-state index contributed by atoms with van der Waals surface area (Å²) >= 11 is 1.59. The summed E-state index contributed by atoms with van der Waals surface area (Å²) in [5, 5.41) is 11.6. The molecule has 19 heavy (non-hydrogen) atoms. The number of thiophene rings is 1. The summed E-state index contributed by atoms with van der Waals surface area (Å²) in [4.78, 5) is 13.9. The van der Waals surface area contributed by atoms with Gasteiger partial charge >= 0.3 is 0 Å². The molecular formula is C15H19NO2S. The number of amides is 1. The molecule has 0 radical (unpaired) electrons. The summed E-state index contributed by atoms with van der Waals surface area (Å²) in [6.07, 6.45) is 1.49. The van der Waals surface area contributed by atoms with Gasteiger partial charge in [-0.3, -0.25) is 4.79 Å². The average molecular weight is 277 g/mol. The highest BCUT2D eigenvalue weighted by Gasteiger charge is 2.50. The van der Waals surface area contributed by atoms with Crippen LogP contribution in [0, 0.1) is 23.2 Å². The van der Waals surface area contributed by atoms with E-state index in [1.165, 1.54) is 0 Å². The smallest absolute Gasteiger partial charge is 0.223 e. The van der Waals surface area contributed by atoms with Crippen molar-refractivity contribution in [1.29, 1.82) is 0 Å². The van der Waals surface area contributed by atoms with Gasteiger partial charge in [0.2, 0.25) is 5.91 Å². The number of rotatable bonds is 4. The van der Waals surface area contributed by atoms with E-state index in [-0.39, 0.29) is 23.8 Å². The molecule has 2 rings (SSSR count). The summed E-state index contributed by atoms with van der Waals surface area (Å²) in [6.45, 7) is 4.92. The molecule has 1 aliphatic carbocycles. The van der Waals surface area contributed by atoms with Crippen LogP contribution >= 0.6 is 11.3 Å². The molecule has 0 saturated heterocycles. The Balaban J connectivity index is 1.81. The second-order valence-corrected chi connectivity index (χ2v) is 6.67. The van der Waals surface area contributed by atoms with Crippen molar-refractivity contribution in [2.45, 2.75) is 33.2 Å². The Morgan fingerprint density at radius 3 is 2.95 bits per heavy atom. The van der Waals surface area contributed by atoms with E-state index in [1.807, 2.05) is 12.1 Å². The molecule has 0 bridgehead atoms. The number of aliphatic hydroxyl groups excluding tert-OH is 1. The van der Waals surface area contributed by atoms with Gasteiger partial charge in [0.1, 0.15) is 0 Å². The molecule has 1 atom stereocenters. The SMILES string of the molecule is CC1(C)CC1C(=O)NCc1ccc(C#CCCO)s1. The van der Waals surface area contributed by atoms with Gasteiger partial charge in [0.25, 0.3) is 0 Å². The third-order valence-corrected chi connectivity index (χ3v) is 4.38. The zero-order valence-electron chi connectivity index (χ0n) is 11.3. The maximum atomic E-state index is 11.8. The third-order valence-electron chi connectivity index (χ3n) is 3.38. The first kappa shape index (κ1) is 14.1. The normalized spacial score (nSPS) is 19.4. The molecule has 1 aliphatic rings. The van der Waals surface area contributed by atoms with Gasteiger partial charge in [-0.05, 0) is 24.0 Å². The molecule has 4 heteroatoms. The summed E-state index contributed by atoms with van der Waals surface area (Å²) in [6, 6.07) is 3.95. The summed E-state index contributed by atoms with van der Waals surface area (Å²) in [7, 11) is 0. The van der Waals surface area contributed by atoms with Crippen molar-refractivity contribution >= 4 is 17.2 Å².